The minimum atomic E-state index is -0.530. The lowest BCUT2D eigenvalue weighted by Crippen LogP contribution is -2.17. The smallest absolute Gasteiger partial charge is 0.154 e. The van der Waals surface area contributed by atoms with Gasteiger partial charge in [0.15, 0.2) is 6.29 Å². The van der Waals surface area contributed by atoms with Crippen LogP contribution in [0.1, 0.15) is 38.5 Å². The number of aliphatic hydroxyl groups is 1. The highest BCUT2D eigenvalue weighted by atomic mass is 16.6. The Bertz CT molecular complexity index is 97.7. The molecule has 0 bridgehead atoms. The SMILES string of the molecule is COC(O)CC1CCCCC1. The largest absolute Gasteiger partial charge is 0.368 e. The van der Waals surface area contributed by atoms with Gasteiger partial charge in [0.1, 0.15) is 0 Å². The van der Waals surface area contributed by atoms with Gasteiger partial charge in [0.25, 0.3) is 0 Å². The Labute approximate surface area is 68.6 Å². The van der Waals surface area contributed by atoms with Crippen LogP contribution in [-0.4, -0.2) is 18.5 Å². The molecule has 0 saturated heterocycles. The Morgan fingerprint density at radius 2 is 2.00 bits per heavy atom. The summed E-state index contributed by atoms with van der Waals surface area (Å²) in [6.45, 7) is 0. The third-order valence-electron chi connectivity index (χ3n) is 2.53. The second-order valence-electron chi connectivity index (χ2n) is 3.43. The average Bonchev–Trinajstić information content (AvgIpc) is 2.06. The maximum absolute atomic E-state index is 9.19. The first kappa shape index (κ1) is 9.01. The summed E-state index contributed by atoms with van der Waals surface area (Å²) in [7, 11) is 1.56. The summed E-state index contributed by atoms with van der Waals surface area (Å²) in [5.41, 5.74) is 0. The number of methoxy groups -OCH3 is 1. The predicted octanol–water partition coefficient (Wildman–Crippen LogP) is 1.92. The molecule has 1 aliphatic rings. The van der Waals surface area contributed by atoms with Crippen LogP contribution in [0.15, 0.2) is 0 Å². The van der Waals surface area contributed by atoms with Crippen LogP contribution in [0.4, 0.5) is 0 Å². The molecular formula is C9H18O2. The molecule has 1 fully saturated rings. The van der Waals surface area contributed by atoms with Crippen molar-refractivity contribution in [3.63, 3.8) is 0 Å². The van der Waals surface area contributed by atoms with Crippen molar-refractivity contribution < 1.29 is 9.84 Å². The lowest BCUT2D eigenvalue weighted by molar-refractivity contribution is -0.0894. The van der Waals surface area contributed by atoms with E-state index in [0.29, 0.717) is 5.92 Å². The van der Waals surface area contributed by atoms with E-state index in [2.05, 4.69) is 0 Å². The van der Waals surface area contributed by atoms with Gasteiger partial charge < -0.3 is 9.84 Å². The molecule has 2 heteroatoms. The summed E-state index contributed by atoms with van der Waals surface area (Å²) >= 11 is 0. The Morgan fingerprint density at radius 1 is 1.36 bits per heavy atom. The molecule has 1 N–H and O–H groups in total. The molecule has 2 nitrogen and oxygen atoms in total. The van der Waals surface area contributed by atoms with Gasteiger partial charge in [-0.3, -0.25) is 0 Å². The van der Waals surface area contributed by atoms with E-state index in [1.165, 1.54) is 32.1 Å². The van der Waals surface area contributed by atoms with E-state index in [4.69, 9.17) is 4.74 Å². The standard InChI is InChI=1S/C9H18O2/c1-11-9(10)7-8-5-3-2-4-6-8/h8-10H,2-7H2,1H3. The lowest BCUT2D eigenvalue weighted by atomic mass is 9.87. The minimum absolute atomic E-state index is 0.530. The van der Waals surface area contributed by atoms with Crippen LogP contribution in [0.3, 0.4) is 0 Å². The topological polar surface area (TPSA) is 29.5 Å². The second kappa shape index (κ2) is 4.73. The van der Waals surface area contributed by atoms with Crippen molar-refractivity contribution in [3.8, 4) is 0 Å². The zero-order valence-corrected chi connectivity index (χ0v) is 7.25. The van der Waals surface area contributed by atoms with Gasteiger partial charge in [-0.1, -0.05) is 32.1 Å². The van der Waals surface area contributed by atoms with Crippen LogP contribution in [0.25, 0.3) is 0 Å². The number of aliphatic hydroxyl groups excluding tert-OH is 1. The molecule has 66 valence electrons. The number of rotatable bonds is 3. The molecule has 0 aliphatic heterocycles. The van der Waals surface area contributed by atoms with Crippen molar-refractivity contribution in [1.82, 2.24) is 0 Å². The number of hydrogen-bond donors (Lipinski definition) is 1. The fraction of sp³-hybridized carbons (Fsp3) is 1.00. The summed E-state index contributed by atoms with van der Waals surface area (Å²) in [5, 5.41) is 9.19. The van der Waals surface area contributed by atoms with Crippen molar-refractivity contribution in [2.75, 3.05) is 7.11 Å². The molecule has 0 aromatic heterocycles. The summed E-state index contributed by atoms with van der Waals surface area (Å²) in [4.78, 5) is 0. The first-order chi connectivity index (χ1) is 5.33. The molecule has 1 unspecified atom stereocenters. The van der Waals surface area contributed by atoms with Crippen molar-refractivity contribution in [2.24, 2.45) is 5.92 Å². The highest BCUT2D eigenvalue weighted by Crippen LogP contribution is 2.27. The van der Waals surface area contributed by atoms with Gasteiger partial charge in [0, 0.05) is 13.5 Å². The van der Waals surface area contributed by atoms with E-state index in [1.807, 2.05) is 0 Å². The molecule has 11 heavy (non-hydrogen) atoms. The zero-order valence-electron chi connectivity index (χ0n) is 7.25. The Balaban J connectivity index is 2.13. The Hall–Kier alpha value is -0.0800. The number of ether oxygens (including phenoxy) is 1. The van der Waals surface area contributed by atoms with Gasteiger partial charge >= 0.3 is 0 Å². The quantitative estimate of drug-likeness (QED) is 0.636. The first-order valence-electron chi connectivity index (χ1n) is 4.54. The van der Waals surface area contributed by atoms with E-state index in [-0.39, 0.29) is 0 Å². The molecule has 1 atom stereocenters. The normalized spacial score (nSPS) is 23.5. The molecule has 0 radical (unpaired) electrons. The summed E-state index contributed by atoms with van der Waals surface area (Å²) in [6.07, 6.45) is 6.90. The minimum Gasteiger partial charge on any atom is -0.368 e. The van der Waals surface area contributed by atoms with Crippen LogP contribution < -0.4 is 0 Å². The molecule has 0 aromatic rings. The monoisotopic (exact) mass is 158 g/mol. The van der Waals surface area contributed by atoms with E-state index in [9.17, 15) is 5.11 Å². The van der Waals surface area contributed by atoms with Crippen molar-refractivity contribution in [3.05, 3.63) is 0 Å². The van der Waals surface area contributed by atoms with Gasteiger partial charge in [-0.2, -0.15) is 0 Å². The molecule has 0 amide bonds. The third kappa shape index (κ3) is 3.21. The molecule has 0 heterocycles. The van der Waals surface area contributed by atoms with Gasteiger partial charge in [0.05, 0.1) is 0 Å². The van der Waals surface area contributed by atoms with Crippen molar-refractivity contribution >= 4 is 0 Å². The van der Waals surface area contributed by atoms with E-state index in [1.54, 1.807) is 7.11 Å². The maximum atomic E-state index is 9.19. The van der Waals surface area contributed by atoms with Crippen LogP contribution >= 0.6 is 0 Å². The first-order valence-corrected chi connectivity index (χ1v) is 4.54. The summed E-state index contributed by atoms with van der Waals surface area (Å²) in [6, 6.07) is 0. The summed E-state index contributed by atoms with van der Waals surface area (Å²) < 4.78 is 4.81. The lowest BCUT2D eigenvalue weighted by Gasteiger charge is -2.23. The van der Waals surface area contributed by atoms with Crippen LogP contribution in [0.2, 0.25) is 0 Å². The van der Waals surface area contributed by atoms with Gasteiger partial charge in [0.2, 0.25) is 0 Å². The van der Waals surface area contributed by atoms with Crippen molar-refractivity contribution in [2.45, 2.75) is 44.8 Å². The Morgan fingerprint density at radius 3 is 2.55 bits per heavy atom. The molecule has 0 aromatic carbocycles. The van der Waals surface area contributed by atoms with Crippen LogP contribution in [0.5, 0.6) is 0 Å². The summed E-state index contributed by atoms with van der Waals surface area (Å²) in [5.74, 6) is 0.707. The fourth-order valence-electron chi connectivity index (χ4n) is 1.80. The zero-order chi connectivity index (χ0) is 8.10. The third-order valence-corrected chi connectivity index (χ3v) is 2.53. The van der Waals surface area contributed by atoms with Crippen LogP contribution in [-0.2, 0) is 4.74 Å². The van der Waals surface area contributed by atoms with Gasteiger partial charge in [-0.05, 0) is 5.92 Å². The predicted molar refractivity (Wildman–Crippen MR) is 44.2 cm³/mol. The van der Waals surface area contributed by atoms with E-state index >= 15 is 0 Å². The Kier molecular flexibility index (Phi) is 3.87. The van der Waals surface area contributed by atoms with Crippen molar-refractivity contribution in [1.29, 1.82) is 0 Å². The molecule has 1 aliphatic carbocycles. The molecule has 0 spiro atoms. The molecule has 1 rings (SSSR count). The van der Waals surface area contributed by atoms with E-state index < -0.39 is 6.29 Å². The average molecular weight is 158 g/mol. The highest BCUT2D eigenvalue weighted by Gasteiger charge is 2.16. The number of hydrogen-bond acceptors (Lipinski definition) is 2. The van der Waals surface area contributed by atoms with Gasteiger partial charge in [-0.15, -0.1) is 0 Å². The van der Waals surface area contributed by atoms with E-state index in [0.717, 1.165) is 6.42 Å². The maximum Gasteiger partial charge on any atom is 0.154 e. The second-order valence-corrected chi connectivity index (χ2v) is 3.43. The fourth-order valence-corrected chi connectivity index (χ4v) is 1.80. The van der Waals surface area contributed by atoms with Gasteiger partial charge in [-0.25, -0.2) is 0 Å². The van der Waals surface area contributed by atoms with Crippen LogP contribution in [0, 0.1) is 5.92 Å². The molecule has 1 saturated carbocycles. The highest BCUT2D eigenvalue weighted by molar-refractivity contribution is 4.66. The molecular weight excluding hydrogens is 140 g/mol.